The van der Waals surface area contributed by atoms with Crippen LogP contribution >= 0.6 is 39.1 Å². The van der Waals surface area contributed by atoms with E-state index in [0.717, 1.165) is 10.9 Å². The van der Waals surface area contributed by atoms with Crippen molar-refractivity contribution >= 4 is 61.6 Å². The molecule has 0 spiro atoms. The van der Waals surface area contributed by atoms with E-state index in [0.29, 0.717) is 10.0 Å². The van der Waals surface area contributed by atoms with Gasteiger partial charge in [-0.2, -0.15) is 0 Å². The molecule has 0 saturated carbocycles. The molecule has 3 heteroatoms. The van der Waals surface area contributed by atoms with Gasteiger partial charge in [-0.15, -0.1) is 0 Å². The molecule has 0 saturated heterocycles. The lowest BCUT2D eigenvalue weighted by molar-refractivity contribution is 1.61. The van der Waals surface area contributed by atoms with Crippen molar-refractivity contribution in [3.8, 4) is 0 Å². The van der Waals surface area contributed by atoms with Gasteiger partial charge in [0, 0.05) is 15.4 Å². The highest BCUT2D eigenvalue weighted by atomic mass is 79.9. The first-order chi connectivity index (χ1) is 10.7. The number of allylic oxidation sites excluding steroid dienone is 1. The Morgan fingerprint density at radius 1 is 0.909 bits per heavy atom. The van der Waals surface area contributed by atoms with E-state index in [-0.39, 0.29) is 0 Å². The molecule has 0 atom stereocenters. The monoisotopic (exact) mass is 390 g/mol. The molecule has 0 unspecified atom stereocenters. The fraction of sp³-hybridized carbons (Fsp3) is 0.0526. The lowest BCUT2D eigenvalue weighted by Gasteiger charge is -2.08. The van der Waals surface area contributed by atoms with Crippen LogP contribution in [0.3, 0.4) is 0 Å². The van der Waals surface area contributed by atoms with Crippen molar-refractivity contribution in [2.75, 3.05) is 5.33 Å². The second-order valence-corrected chi connectivity index (χ2v) is 6.44. The van der Waals surface area contributed by atoms with Gasteiger partial charge in [0.15, 0.2) is 0 Å². The minimum Gasteiger partial charge on any atom is -0.0876 e. The number of rotatable bonds is 3. The largest absolute Gasteiger partial charge is 0.0876 e. The van der Waals surface area contributed by atoms with E-state index in [2.05, 4.69) is 64.5 Å². The molecular weight excluding hydrogens is 379 g/mol. The fourth-order valence-electron chi connectivity index (χ4n) is 2.39. The van der Waals surface area contributed by atoms with Crippen LogP contribution in [0, 0.1) is 0 Å². The maximum absolute atomic E-state index is 6.27. The normalized spacial score (nSPS) is 11.9. The smallest absolute Gasteiger partial charge is 0.0493 e. The third-order valence-electron chi connectivity index (χ3n) is 3.56. The summed E-state index contributed by atoms with van der Waals surface area (Å²) in [6.07, 6.45) is 2.09. The Hall–Kier alpha value is -1.28. The van der Waals surface area contributed by atoms with Gasteiger partial charge in [0.05, 0.1) is 0 Å². The molecule has 0 aliphatic rings. The van der Waals surface area contributed by atoms with Gasteiger partial charge in [0.25, 0.3) is 0 Å². The van der Waals surface area contributed by atoms with E-state index in [1.165, 1.54) is 21.9 Å². The highest BCUT2D eigenvalue weighted by Gasteiger charge is 2.05. The zero-order valence-corrected chi connectivity index (χ0v) is 14.8. The molecule has 0 N–H and O–H groups in total. The number of hydrogen-bond acceptors (Lipinski definition) is 0. The lowest BCUT2D eigenvalue weighted by Crippen LogP contribution is -1.87. The van der Waals surface area contributed by atoms with Crippen molar-refractivity contribution in [1.29, 1.82) is 0 Å². The second-order valence-electron chi connectivity index (χ2n) is 5.03. The second kappa shape index (κ2) is 6.87. The van der Waals surface area contributed by atoms with Crippen LogP contribution in [0.4, 0.5) is 0 Å². The molecule has 0 aromatic heterocycles. The van der Waals surface area contributed by atoms with Gasteiger partial charge in [0.1, 0.15) is 0 Å². The average molecular weight is 392 g/mol. The Bertz CT molecular complexity index is 853. The van der Waals surface area contributed by atoms with Crippen LogP contribution in [0.5, 0.6) is 0 Å². The predicted molar refractivity (Wildman–Crippen MR) is 102 cm³/mol. The number of halogens is 3. The van der Waals surface area contributed by atoms with E-state index < -0.39 is 0 Å². The van der Waals surface area contributed by atoms with Crippen LogP contribution in [-0.2, 0) is 0 Å². The minimum absolute atomic E-state index is 0.647. The van der Waals surface area contributed by atoms with Crippen molar-refractivity contribution in [3.05, 3.63) is 81.8 Å². The van der Waals surface area contributed by atoms with E-state index in [9.17, 15) is 0 Å². The van der Waals surface area contributed by atoms with E-state index in [1.807, 2.05) is 12.1 Å². The molecule has 3 aromatic carbocycles. The SMILES string of the molecule is Clc1ccc(C=C(CBr)c2ccc3ccccc3c2)c(Cl)c1. The third-order valence-corrected chi connectivity index (χ3v) is 4.72. The summed E-state index contributed by atoms with van der Waals surface area (Å²) >= 11 is 15.8. The molecule has 0 bridgehead atoms. The molecule has 3 aromatic rings. The molecular formula is C19H13BrCl2. The van der Waals surface area contributed by atoms with Gasteiger partial charge in [-0.25, -0.2) is 0 Å². The number of fused-ring (bicyclic) bond motifs is 1. The topological polar surface area (TPSA) is 0 Å². The molecule has 3 rings (SSSR count). The van der Waals surface area contributed by atoms with Crippen LogP contribution in [0.15, 0.2) is 60.7 Å². The Kier molecular flexibility index (Phi) is 4.87. The van der Waals surface area contributed by atoms with E-state index in [4.69, 9.17) is 23.2 Å². The first-order valence-corrected chi connectivity index (χ1v) is 8.76. The number of alkyl halides is 1. The summed E-state index contributed by atoms with van der Waals surface area (Å²) in [6, 6.07) is 20.4. The first-order valence-electron chi connectivity index (χ1n) is 6.88. The summed E-state index contributed by atoms with van der Waals surface area (Å²) in [5.74, 6) is 0. The van der Waals surface area contributed by atoms with Gasteiger partial charge in [-0.05, 0) is 51.7 Å². The van der Waals surface area contributed by atoms with E-state index in [1.54, 1.807) is 6.07 Å². The summed E-state index contributed by atoms with van der Waals surface area (Å²) in [6.45, 7) is 0. The molecule has 110 valence electrons. The van der Waals surface area contributed by atoms with Crippen molar-refractivity contribution in [3.63, 3.8) is 0 Å². The van der Waals surface area contributed by atoms with Crippen LogP contribution in [0.2, 0.25) is 10.0 Å². The standard InChI is InChI=1S/C19H13BrCl2/c20-12-17(10-16-7-8-18(21)11-19(16)22)15-6-5-13-3-1-2-4-14(13)9-15/h1-11H,12H2. The maximum Gasteiger partial charge on any atom is 0.0493 e. The highest BCUT2D eigenvalue weighted by molar-refractivity contribution is 9.09. The van der Waals surface area contributed by atoms with Crippen LogP contribution in [-0.4, -0.2) is 5.33 Å². The Morgan fingerprint density at radius 3 is 2.41 bits per heavy atom. The summed E-state index contributed by atoms with van der Waals surface area (Å²) in [7, 11) is 0. The third kappa shape index (κ3) is 3.38. The molecule has 0 radical (unpaired) electrons. The van der Waals surface area contributed by atoms with Crippen LogP contribution < -0.4 is 0 Å². The summed E-state index contributed by atoms with van der Waals surface area (Å²) in [5, 5.41) is 4.53. The predicted octanol–water partition coefficient (Wildman–Crippen LogP) is 7.08. The molecule has 22 heavy (non-hydrogen) atoms. The molecule has 0 amide bonds. The quantitative estimate of drug-likeness (QED) is 0.330. The fourth-order valence-corrected chi connectivity index (χ4v) is 3.34. The Labute approximate surface area is 148 Å². The average Bonchev–Trinajstić information content (AvgIpc) is 2.54. The van der Waals surface area contributed by atoms with Gasteiger partial charge in [0.2, 0.25) is 0 Å². The molecule has 0 aliphatic heterocycles. The zero-order valence-electron chi connectivity index (χ0n) is 11.7. The van der Waals surface area contributed by atoms with Crippen LogP contribution in [0.1, 0.15) is 11.1 Å². The number of benzene rings is 3. The molecule has 0 heterocycles. The van der Waals surface area contributed by atoms with Gasteiger partial charge in [-0.1, -0.05) is 81.6 Å². The summed E-state index contributed by atoms with van der Waals surface area (Å²) in [5.41, 5.74) is 3.32. The Balaban J connectivity index is 2.06. The van der Waals surface area contributed by atoms with Crippen molar-refractivity contribution in [2.24, 2.45) is 0 Å². The first kappa shape index (κ1) is 15.6. The summed E-state index contributed by atoms with van der Waals surface area (Å²) in [4.78, 5) is 0. The zero-order chi connectivity index (χ0) is 15.5. The van der Waals surface area contributed by atoms with Crippen molar-refractivity contribution in [2.45, 2.75) is 0 Å². The van der Waals surface area contributed by atoms with Crippen molar-refractivity contribution < 1.29 is 0 Å². The molecule has 0 nitrogen and oxygen atoms in total. The Morgan fingerprint density at radius 2 is 1.68 bits per heavy atom. The van der Waals surface area contributed by atoms with Gasteiger partial charge in [-0.3, -0.25) is 0 Å². The van der Waals surface area contributed by atoms with Crippen molar-refractivity contribution in [1.82, 2.24) is 0 Å². The van der Waals surface area contributed by atoms with Gasteiger partial charge >= 0.3 is 0 Å². The lowest BCUT2D eigenvalue weighted by atomic mass is 10.0. The van der Waals surface area contributed by atoms with Crippen LogP contribution in [0.25, 0.3) is 22.4 Å². The maximum atomic E-state index is 6.27. The summed E-state index contributed by atoms with van der Waals surface area (Å²) < 4.78 is 0. The van der Waals surface area contributed by atoms with E-state index >= 15 is 0 Å². The highest BCUT2D eigenvalue weighted by Crippen LogP contribution is 2.28. The molecule has 0 fully saturated rings. The minimum atomic E-state index is 0.647. The number of hydrogen-bond donors (Lipinski definition) is 0. The van der Waals surface area contributed by atoms with Gasteiger partial charge < -0.3 is 0 Å². The molecule has 0 aliphatic carbocycles.